The minimum absolute atomic E-state index is 0.00315. The highest BCUT2D eigenvalue weighted by atomic mass is 32.2. The van der Waals surface area contributed by atoms with E-state index >= 15 is 0 Å². The number of hydrogen-bond donors (Lipinski definition) is 1. The van der Waals surface area contributed by atoms with Crippen LogP contribution >= 0.6 is 0 Å². The molecule has 0 radical (unpaired) electrons. The summed E-state index contributed by atoms with van der Waals surface area (Å²) in [6, 6.07) is 7.73. The summed E-state index contributed by atoms with van der Waals surface area (Å²) in [5.74, 6) is 1.36. The molecule has 0 unspecified atom stereocenters. The Balaban J connectivity index is 1.70. The Kier molecular flexibility index (Phi) is 8.20. The van der Waals surface area contributed by atoms with E-state index in [0.29, 0.717) is 19.6 Å². The maximum absolute atomic E-state index is 11.8. The van der Waals surface area contributed by atoms with E-state index < -0.39 is 16.4 Å². The van der Waals surface area contributed by atoms with Gasteiger partial charge in [-0.15, -0.1) is 0 Å². The molecule has 158 valence electrons. The molecule has 0 aliphatic carbocycles. The molecule has 1 aliphatic rings. The largest absolute Gasteiger partial charge is 0.494 e. The van der Waals surface area contributed by atoms with Crippen molar-refractivity contribution in [1.29, 1.82) is 0 Å². The van der Waals surface area contributed by atoms with E-state index in [4.69, 9.17) is 9.47 Å². The lowest BCUT2D eigenvalue weighted by Gasteiger charge is -2.21. The Labute approximate surface area is 174 Å². The molecule has 2 atom stereocenters. The molecule has 0 fully saturated rings. The zero-order valence-electron chi connectivity index (χ0n) is 17.4. The summed E-state index contributed by atoms with van der Waals surface area (Å²) in [4.78, 5) is 23.4. The topological polar surface area (TPSA) is 81.7 Å². The lowest BCUT2D eigenvalue weighted by atomic mass is 10.0. The third kappa shape index (κ3) is 7.49. The van der Waals surface area contributed by atoms with Crippen molar-refractivity contribution in [1.82, 2.24) is 5.32 Å². The van der Waals surface area contributed by atoms with Gasteiger partial charge in [0.05, 0.1) is 6.61 Å². The van der Waals surface area contributed by atoms with Gasteiger partial charge in [-0.2, -0.15) is 0 Å². The number of nitrogens with one attached hydrogen (secondary N) is 1. The van der Waals surface area contributed by atoms with Crippen LogP contribution in [0.2, 0.25) is 0 Å². The van der Waals surface area contributed by atoms with E-state index in [-0.39, 0.29) is 17.6 Å². The van der Waals surface area contributed by atoms with Gasteiger partial charge in [0, 0.05) is 47.1 Å². The highest BCUT2D eigenvalue weighted by Gasteiger charge is 2.36. The fourth-order valence-electron chi connectivity index (χ4n) is 2.71. The first-order chi connectivity index (χ1) is 13.7. The van der Waals surface area contributed by atoms with Crippen LogP contribution in [-0.2, 0) is 31.5 Å². The first kappa shape index (κ1) is 22.9. The van der Waals surface area contributed by atoms with E-state index in [0.717, 1.165) is 23.5 Å². The Morgan fingerprint density at radius 3 is 2.59 bits per heavy atom. The van der Waals surface area contributed by atoms with Crippen LogP contribution in [0.1, 0.15) is 32.8 Å². The third-order valence-electron chi connectivity index (χ3n) is 4.59. The van der Waals surface area contributed by atoms with Gasteiger partial charge >= 0.3 is 0 Å². The van der Waals surface area contributed by atoms with E-state index in [9.17, 15) is 13.8 Å². The van der Waals surface area contributed by atoms with Gasteiger partial charge in [-0.3, -0.25) is 13.8 Å². The van der Waals surface area contributed by atoms with Gasteiger partial charge in [-0.1, -0.05) is 19.1 Å². The molecular formula is C22H29NO5S. The number of carbonyl (C=O) groups is 2. The Morgan fingerprint density at radius 2 is 2.00 bits per heavy atom. The first-order valence-corrected chi connectivity index (χ1v) is 11.2. The second-order valence-electron chi connectivity index (χ2n) is 7.55. The van der Waals surface area contributed by atoms with E-state index in [1.54, 1.807) is 19.9 Å². The zero-order valence-corrected chi connectivity index (χ0v) is 18.2. The average Bonchev–Trinajstić information content (AvgIpc) is 2.94. The highest BCUT2D eigenvalue weighted by Crippen LogP contribution is 2.30. The third-order valence-corrected chi connectivity index (χ3v) is 5.11. The summed E-state index contributed by atoms with van der Waals surface area (Å²) in [5.41, 5.74) is 0.324. The Hall–Kier alpha value is -2.41. The zero-order chi connectivity index (χ0) is 21.4. The molecule has 1 aliphatic heterocycles. The summed E-state index contributed by atoms with van der Waals surface area (Å²) >= 11 is 0. The normalized spacial score (nSPS) is 17.5. The molecule has 0 bridgehead atoms. The highest BCUT2D eigenvalue weighted by molar-refractivity contribution is 7.87. The van der Waals surface area contributed by atoms with Gasteiger partial charge in [-0.05, 0) is 44.4 Å². The summed E-state index contributed by atoms with van der Waals surface area (Å²) in [7, 11) is -1.12. The standard InChI is InChI=1S/C22H29NO5S/c1-16(19-15-20(24)22(2,3)28-19)10-13-27-18-7-5-17(6-8-18)9-12-23-21(25)11-14-29(4)26/h5-8,11,14-16H,9-10,12-13H2,1-4H3,(H,23,25)/b14-11+/t16-,29-/m0/s1. The molecule has 7 heteroatoms. The fraction of sp³-hybridized carbons (Fsp3) is 0.455. The Bertz CT molecular complexity index is 811. The molecule has 1 N–H and O–H groups in total. The second-order valence-corrected chi connectivity index (χ2v) is 8.82. The summed E-state index contributed by atoms with van der Waals surface area (Å²) in [5, 5.41) is 4.11. The van der Waals surface area contributed by atoms with Crippen molar-refractivity contribution in [3.8, 4) is 5.75 Å². The molecular weight excluding hydrogens is 390 g/mol. The predicted octanol–water partition coefficient (Wildman–Crippen LogP) is 2.90. The van der Waals surface area contributed by atoms with Crippen molar-refractivity contribution in [2.45, 2.75) is 39.2 Å². The maximum atomic E-state index is 11.8. The fourth-order valence-corrected chi connectivity index (χ4v) is 3.03. The number of benzene rings is 1. The number of amides is 1. The van der Waals surface area contributed by atoms with Gasteiger partial charge in [0.15, 0.2) is 5.60 Å². The van der Waals surface area contributed by atoms with Crippen molar-refractivity contribution in [3.05, 3.63) is 53.1 Å². The lowest BCUT2D eigenvalue weighted by Crippen LogP contribution is -2.28. The Morgan fingerprint density at radius 1 is 1.31 bits per heavy atom. The monoisotopic (exact) mass is 419 g/mol. The number of hydrogen-bond acceptors (Lipinski definition) is 5. The van der Waals surface area contributed by atoms with Gasteiger partial charge in [0.2, 0.25) is 11.7 Å². The van der Waals surface area contributed by atoms with Crippen LogP contribution in [0.25, 0.3) is 0 Å². The second kappa shape index (κ2) is 10.4. The van der Waals surface area contributed by atoms with Gasteiger partial charge in [0.25, 0.3) is 0 Å². The van der Waals surface area contributed by atoms with Crippen LogP contribution in [0.4, 0.5) is 0 Å². The minimum atomic E-state index is -1.12. The van der Waals surface area contributed by atoms with Crippen LogP contribution in [0.3, 0.4) is 0 Å². The summed E-state index contributed by atoms with van der Waals surface area (Å²) in [6.07, 6.45) is 5.84. The maximum Gasteiger partial charge on any atom is 0.244 e. The van der Waals surface area contributed by atoms with Gasteiger partial charge in [-0.25, -0.2) is 0 Å². The number of carbonyl (C=O) groups excluding carboxylic acids is 2. The minimum Gasteiger partial charge on any atom is -0.494 e. The summed E-state index contributed by atoms with van der Waals surface area (Å²) in [6.45, 7) is 6.60. The van der Waals surface area contributed by atoms with Crippen LogP contribution in [0, 0.1) is 5.92 Å². The van der Waals surface area contributed by atoms with Gasteiger partial charge in [0.1, 0.15) is 11.5 Å². The molecule has 0 saturated carbocycles. The molecule has 1 heterocycles. The number of ether oxygens (including phenoxy) is 2. The van der Waals surface area contributed by atoms with E-state index in [1.165, 1.54) is 17.7 Å². The van der Waals surface area contributed by atoms with E-state index in [1.807, 2.05) is 31.2 Å². The quantitative estimate of drug-likeness (QED) is 0.590. The molecule has 1 amide bonds. The number of rotatable bonds is 10. The molecule has 1 aromatic carbocycles. The van der Waals surface area contributed by atoms with Crippen molar-refractivity contribution >= 4 is 22.5 Å². The van der Waals surface area contributed by atoms with Gasteiger partial charge < -0.3 is 14.8 Å². The van der Waals surface area contributed by atoms with Crippen molar-refractivity contribution in [2.75, 3.05) is 19.4 Å². The SMILES string of the molecule is C[C@@H](CCOc1ccc(CCNC(=O)/C=C/[S@](C)=O)cc1)C1=CC(=O)C(C)(C)O1. The summed E-state index contributed by atoms with van der Waals surface area (Å²) < 4.78 is 22.4. The average molecular weight is 420 g/mol. The lowest BCUT2D eigenvalue weighted by molar-refractivity contribution is -0.127. The van der Waals surface area contributed by atoms with Crippen molar-refractivity contribution < 1.29 is 23.3 Å². The van der Waals surface area contributed by atoms with Crippen LogP contribution in [-0.4, -0.2) is 40.9 Å². The molecule has 0 aromatic heterocycles. The van der Waals surface area contributed by atoms with Crippen LogP contribution in [0.5, 0.6) is 5.75 Å². The molecule has 1 aromatic rings. The molecule has 6 nitrogen and oxygen atoms in total. The smallest absolute Gasteiger partial charge is 0.244 e. The number of ketones is 1. The molecule has 29 heavy (non-hydrogen) atoms. The predicted molar refractivity (Wildman–Crippen MR) is 114 cm³/mol. The van der Waals surface area contributed by atoms with Crippen LogP contribution in [0.15, 0.2) is 47.6 Å². The molecule has 0 saturated heterocycles. The van der Waals surface area contributed by atoms with E-state index in [2.05, 4.69) is 5.32 Å². The van der Waals surface area contributed by atoms with Crippen LogP contribution < -0.4 is 10.1 Å². The van der Waals surface area contributed by atoms with Crippen molar-refractivity contribution in [2.24, 2.45) is 5.92 Å². The molecule has 2 rings (SSSR count). The number of allylic oxidation sites excluding steroid dienone is 1. The first-order valence-electron chi connectivity index (χ1n) is 9.62. The van der Waals surface area contributed by atoms with Crippen molar-refractivity contribution in [3.63, 3.8) is 0 Å². The molecule has 0 spiro atoms.